The number of rotatable bonds is 6. The molecule has 8 heteroatoms. The van der Waals surface area contributed by atoms with E-state index >= 15 is 0 Å². The molecule has 2 atom stereocenters. The minimum atomic E-state index is -1.07. The van der Waals surface area contributed by atoms with Gasteiger partial charge in [-0.25, -0.2) is 13.8 Å². The number of methoxy groups -OCH3 is 1. The lowest BCUT2D eigenvalue weighted by molar-refractivity contribution is -0.144. The van der Waals surface area contributed by atoms with Gasteiger partial charge in [-0.05, 0) is 37.1 Å². The van der Waals surface area contributed by atoms with Crippen LogP contribution in [0.4, 0.5) is 8.78 Å². The van der Waals surface area contributed by atoms with Crippen molar-refractivity contribution in [2.45, 2.75) is 30.7 Å². The van der Waals surface area contributed by atoms with Crippen molar-refractivity contribution in [3.05, 3.63) is 71.3 Å². The third-order valence-corrected chi connectivity index (χ3v) is 6.11. The molecule has 0 aromatic heterocycles. The highest BCUT2D eigenvalue weighted by Gasteiger charge is 2.49. The van der Waals surface area contributed by atoms with Crippen LogP contribution in [0.15, 0.2) is 53.6 Å². The zero-order valence-corrected chi connectivity index (χ0v) is 16.7. The number of benzene rings is 2. The third-order valence-electron chi connectivity index (χ3n) is 4.67. The van der Waals surface area contributed by atoms with Crippen molar-refractivity contribution in [2.75, 3.05) is 7.11 Å². The fourth-order valence-electron chi connectivity index (χ4n) is 3.07. The minimum Gasteiger partial charge on any atom is -0.372 e. The minimum absolute atomic E-state index is 0.0346. The van der Waals surface area contributed by atoms with Gasteiger partial charge in [0.05, 0.1) is 6.07 Å². The number of carbonyl (C=O) groups is 1. The smallest absolute Gasteiger partial charge is 0.273 e. The monoisotopic (exact) mass is 415 g/mol. The summed E-state index contributed by atoms with van der Waals surface area (Å²) in [6, 6.07) is 14.3. The number of hydrazone groups is 1. The molecule has 1 amide bonds. The normalized spacial score (nSPS) is 19.6. The molecule has 2 unspecified atom stereocenters. The van der Waals surface area contributed by atoms with Gasteiger partial charge >= 0.3 is 0 Å². The van der Waals surface area contributed by atoms with Crippen LogP contribution in [0.25, 0.3) is 0 Å². The van der Waals surface area contributed by atoms with Gasteiger partial charge < -0.3 is 4.74 Å². The number of nitriles is 1. The van der Waals surface area contributed by atoms with Crippen LogP contribution in [0.1, 0.15) is 30.9 Å². The Morgan fingerprint density at radius 1 is 1.31 bits per heavy atom. The van der Waals surface area contributed by atoms with E-state index in [-0.39, 0.29) is 23.4 Å². The lowest BCUT2D eigenvalue weighted by Crippen LogP contribution is -2.45. The highest BCUT2D eigenvalue weighted by atomic mass is 32.2. The quantitative estimate of drug-likeness (QED) is 0.702. The van der Waals surface area contributed by atoms with Crippen molar-refractivity contribution in [1.82, 2.24) is 5.01 Å². The average Bonchev–Trinajstić information content (AvgIpc) is 3.14. The van der Waals surface area contributed by atoms with Crippen molar-refractivity contribution in [3.8, 4) is 6.07 Å². The van der Waals surface area contributed by atoms with Gasteiger partial charge in [-0.1, -0.05) is 42.1 Å². The molecule has 1 heterocycles. The van der Waals surface area contributed by atoms with Crippen LogP contribution >= 0.6 is 11.8 Å². The molecule has 3 rings (SSSR count). The second-order valence-electron chi connectivity index (χ2n) is 6.47. The van der Waals surface area contributed by atoms with Crippen molar-refractivity contribution in [1.29, 1.82) is 5.26 Å². The lowest BCUT2D eigenvalue weighted by atomic mass is 10.00. The van der Waals surface area contributed by atoms with Crippen LogP contribution < -0.4 is 0 Å². The largest absolute Gasteiger partial charge is 0.372 e. The summed E-state index contributed by atoms with van der Waals surface area (Å²) in [4.78, 5) is 12.0. The van der Waals surface area contributed by atoms with Crippen LogP contribution in [0.2, 0.25) is 0 Å². The Morgan fingerprint density at radius 3 is 2.69 bits per heavy atom. The van der Waals surface area contributed by atoms with Crippen molar-refractivity contribution < 1.29 is 18.3 Å². The van der Waals surface area contributed by atoms with Gasteiger partial charge in [0.2, 0.25) is 0 Å². The molecule has 0 fully saturated rings. The summed E-state index contributed by atoms with van der Waals surface area (Å²) in [5, 5.41) is 15.0. The maximum absolute atomic E-state index is 14.4. The second-order valence-corrected chi connectivity index (χ2v) is 7.73. The Hall–Kier alpha value is -2.76. The van der Waals surface area contributed by atoms with E-state index in [1.165, 1.54) is 12.1 Å². The van der Waals surface area contributed by atoms with E-state index in [1.807, 2.05) is 30.3 Å². The van der Waals surface area contributed by atoms with Gasteiger partial charge in [0, 0.05) is 19.1 Å². The molecule has 1 aliphatic rings. The van der Waals surface area contributed by atoms with E-state index in [0.717, 1.165) is 35.5 Å². The first-order valence-electron chi connectivity index (χ1n) is 8.95. The van der Waals surface area contributed by atoms with Gasteiger partial charge in [0.25, 0.3) is 5.91 Å². The van der Waals surface area contributed by atoms with Crippen molar-refractivity contribution in [3.63, 3.8) is 0 Å². The first-order chi connectivity index (χ1) is 13.9. The van der Waals surface area contributed by atoms with Crippen molar-refractivity contribution >= 4 is 22.7 Å². The molecule has 0 saturated heterocycles. The molecule has 2 aromatic carbocycles. The lowest BCUT2D eigenvalue weighted by Gasteiger charge is -2.36. The first kappa shape index (κ1) is 21.0. The Balaban J connectivity index is 2.17. The van der Waals surface area contributed by atoms with E-state index in [4.69, 9.17) is 4.74 Å². The molecule has 5 nitrogen and oxygen atoms in total. The molecule has 0 aliphatic carbocycles. The van der Waals surface area contributed by atoms with E-state index in [9.17, 15) is 18.8 Å². The van der Waals surface area contributed by atoms with Gasteiger partial charge in [-0.15, -0.1) is 0 Å². The highest BCUT2D eigenvalue weighted by molar-refractivity contribution is 8.15. The van der Waals surface area contributed by atoms with Gasteiger partial charge in [0.1, 0.15) is 27.7 Å². The topological polar surface area (TPSA) is 65.7 Å². The molecule has 0 spiro atoms. The molecule has 2 aromatic rings. The molecule has 0 N–H and O–H groups in total. The molecule has 0 bridgehead atoms. The van der Waals surface area contributed by atoms with E-state index < -0.39 is 28.5 Å². The van der Waals surface area contributed by atoms with Crippen molar-refractivity contribution in [2.24, 2.45) is 5.10 Å². The summed E-state index contributed by atoms with van der Waals surface area (Å²) in [6.45, 7) is 1.59. The number of halogens is 2. The van der Waals surface area contributed by atoms with Crippen LogP contribution in [0.5, 0.6) is 0 Å². The average molecular weight is 415 g/mol. The summed E-state index contributed by atoms with van der Waals surface area (Å²) in [5.74, 6) is -1.69. The van der Waals surface area contributed by atoms with E-state index in [0.29, 0.717) is 0 Å². The molecule has 150 valence electrons. The Kier molecular flexibility index (Phi) is 6.30. The van der Waals surface area contributed by atoms with E-state index in [1.54, 1.807) is 6.92 Å². The molecule has 1 aliphatic heterocycles. The third kappa shape index (κ3) is 4.02. The summed E-state index contributed by atoms with van der Waals surface area (Å²) in [6.07, 6.45) is -0.410. The zero-order chi connectivity index (χ0) is 21.0. The predicted molar refractivity (Wildman–Crippen MR) is 107 cm³/mol. The SMILES string of the molecule is COC(C)C(=O)N1N=C(c2cc(F)ccc2F)SC1(CCC#N)c1ccccc1. The number of amides is 1. The number of hydrogen-bond acceptors (Lipinski definition) is 5. The summed E-state index contributed by atoms with van der Waals surface area (Å²) >= 11 is 1.13. The van der Waals surface area contributed by atoms with Crippen LogP contribution in [-0.2, 0) is 14.4 Å². The molecule has 0 radical (unpaired) electrons. The van der Waals surface area contributed by atoms with Gasteiger partial charge in [0.15, 0.2) is 0 Å². The second kappa shape index (κ2) is 8.72. The fraction of sp³-hybridized carbons (Fsp3) is 0.286. The maximum Gasteiger partial charge on any atom is 0.273 e. The Labute approximate surface area is 172 Å². The summed E-state index contributed by atoms with van der Waals surface area (Å²) in [7, 11) is 1.40. The molecule has 0 saturated carbocycles. The number of carbonyl (C=O) groups excluding carboxylic acids is 1. The number of hydrogen-bond donors (Lipinski definition) is 0. The number of thioether (sulfide) groups is 1. The van der Waals surface area contributed by atoms with Crippen LogP contribution in [0, 0.1) is 23.0 Å². The van der Waals surface area contributed by atoms with E-state index in [2.05, 4.69) is 11.2 Å². The Bertz CT molecular complexity index is 978. The molecule has 29 heavy (non-hydrogen) atoms. The Morgan fingerprint density at radius 2 is 2.03 bits per heavy atom. The highest BCUT2D eigenvalue weighted by Crippen LogP contribution is 2.50. The number of ether oxygens (including phenoxy) is 1. The van der Waals surface area contributed by atoms with Crippen LogP contribution in [-0.4, -0.2) is 29.2 Å². The number of nitrogens with zero attached hydrogens (tertiary/aromatic N) is 3. The standard InChI is InChI=1S/C21H19F2N3O2S/c1-14(28-2)20(27)26-21(11-6-12-24,15-7-4-3-5-8-15)29-19(25-26)17-13-16(22)9-10-18(17)23/h3-5,7-10,13-14H,6,11H2,1-2H3. The summed E-state index contributed by atoms with van der Waals surface area (Å²) in [5.41, 5.74) is 0.695. The fourth-order valence-corrected chi connectivity index (χ4v) is 4.46. The molecular formula is C21H19F2N3O2S. The molecular weight excluding hydrogens is 396 g/mol. The summed E-state index contributed by atoms with van der Waals surface area (Å²) < 4.78 is 33.4. The van der Waals surface area contributed by atoms with Crippen LogP contribution in [0.3, 0.4) is 0 Å². The maximum atomic E-state index is 14.4. The first-order valence-corrected chi connectivity index (χ1v) is 9.77. The zero-order valence-electron chi connectivity index (χ0n) is 15.9. The predicted octanol–water partition coefficient (Wildman–Crippen LogP) is 4.39. The van der Waals surface area contributed by atoms with Gasteiger partial charge in [-0.2, -0.15) is 10.4 Å². The van der Waals surface area contributed by atoms with Gasteiger partial charge in [-0.3, -0.25) is 4.79 Å².